The van der Waals surface area contributed by atoms with E-state index in [1.807, 2.05) is 6.92 Å². The normalized spacial score (nSPS) is 11.5. The van der Waals surface area contributed by atoms with Crippen molar-refractivity contribution in [3.05, 3.63) is 18.1 Å². The van der Waals surface area contributed by atoms with Gasteiger partial charge in [0, 0.05) is 12.5 Å². The number of rotatable bonds is 4. The number of nitrogens with one attached hydrogen (secondary N) is 1. The van der Waals surface area contributed by atoms with Crippen LogP contribution in [0.15, 0.2) is 12.4 Å². The van der Waals surface area contributed by atoms with Gasteiger partial charge in [0.1, 0.15) is 5.82 Å². The molecule has 0 aliphatic heterocycles. The molecule has 0 bridgehead atoms. The van der Waals surface area contributed by atoms with Gasteiger partial charge < -0.3 is 10.4 Å². The molecule has 15 heavy (non-hydrogen) atoms. The van der Waals surface area contributed by atoms with Crippen molar-refractivity contribution in [1.29, 1.82) is 0 Å². The van der Waals surface area contributed by atoms with Gasteiger partial charge in [-0.2, -0.15) is 0 Å². The van der Waals surface area contributed by atoms with E-state index in [4.69, 9.17) is 11.5 Å². The highest BCUT2D eigenvalue weighted by molar-refractivity contribution is 5.84. The summed E-state index contributed by atoms with van der Waals surface area (Å²) in [7, 11) is 0. The van der Waals surface area contributed by atoms with Crippen LogP contribution in [0.1, 0.15) is 23.8 Å². The van der Waals surface area contributed by atoms with Crippen LogP contribution in [0.4, 0.5) is 5.82 Å². The van der Waals surface area contributed by atoms with Gasteiger partial charge >= 0.3 is 5.97 Å². The molecule has 0 saturated carbocycles. The van der Waals surface area contributed by atoms with Gasteiger partial charge in [-0.05, 0) is 6.92 Å². The number of nitrogens with zero attached hydrogens (tertiary/aromatic N) is 2. The number of carboxylic acids is 1. The Kier molecular flexibility index (Phi) is 3.63. The molecule has 0 amide bonds. The average Bonchev–Trinajstić information content (AvgIpc) is 2.18. The molecule has 0 saturated heterocycles. The van der Waals surface area contributed by atoms with Gasteiger partial charge in [0.15, 0.2) is 5.69 Å². The number of carboxylic acid groups (broad SMARTS) is 1. The summed E-state index contributed by atoms with van der Waals surface area (Å²) in [6.45, 7) is 1.91. The Labute approximate surface area is 87.6 Å². The fourth-order valence-electron chi connectivity index (χ4n) is 0.993. The third kappa shape index (κ3) is 3.27. The Balaban J connectivity index is 2.65. The Morgan fingerprint density at radius 3 is 2.87 bits per heavy atom. The molecule has 0 aromatic carbocycles. The van der Waals surface area contributed by atoms with Crippen LogP contribution in [0.2, 0.25) is 0 Å². The first-order chi connectivity index (χ1) is 7.13. The topological polar surface area (TPSA) is 75.1 Å². The van der Waals surface area contributed by atoms with Gasteiger partial charge in [-0.25, -0.2) is 14.8 Å². The van der Waals surface area contributed by atoms with Gasteiger partial charge in [-0.1, -0.05) is 0 Å². The molecule has 0 fully saturated rings. The smallest absolute Gasteiger partial charge is 0.356 e. The molecule has 5 nitrogen and oxygen atoms in total. The molecule has 0 aliphatic rings. The predicted molar refractivity (Wildman–Crippen MR) is 55.5 cm³/mol. The lowest BCUT2D eigenvalue weighted by Gasteiger charge is -2.10. The van der Waals surface area contributed by atoms with E-state index in [0.29, 0.717) is 12.2 Å². The summed E-state index contributed by atoms with van der Waals surface area (Å²) in [6, 6.07) is 0.0833. The summed E-state index contributed by atoms with van der Waals surface area (Å²) < 4.78 is 0. The summed E-state index contributed by atoms with van der Waals surface area (Å²) in [5.41, 5.74) is -0.0786. The molecule has 0 spiro atoms. The zero-order valence-corrected chi connectivity index (χ0v) is 8.27. The molecule has 78 valence electrons. The van der Waals surface area contributed by atoms with Crippen molar-refractivity contribution >= 4 is 11.8 Å². The second-order valence-electron chi connectivity index (χ2n) is 3.05. The number of hydrogen-bond donors (Lipinski definition) is 2. The van der Waals surface area contributed by atoms with Crippen molar-refractivity contribution in [3.8, 4) is 12.3 Å². The SMILES string of the molecule is C#CCC(C)Nc1cnc(C(=O)O)cn1. The van der Waals surface area contributed by atoms with Gasteiger partial charge in [0.2, 0.25) is 0 Å². The highest BCUT2D eigenvalue weighted by Gasteiger charge is 2.05. The number of carbonyl (C=O) groups is 1. The molecule has 1 unspecified atom stereocenters. The van der Waals surface area contributed by atoms with E-state index in [1.54, 1.807) is 0 Å². The second-order valence-corrected chi connectivity index (χ2v) is 3.05. The quantitative estimate of drug-likeness (QED) is 0.717. The third-order valence-electron chi connectivity index (χ3n) is 1.69. The van der Waals surface area contributed by atoms with Gasteiger partial charge in [-0.3, -0.25) is 0 Å². The first-order valence-corrected chi connectivity index (χ1v) is 4.39. The Morgan fingerprint density at radius 2 is 2.40 bits per heavy atom. The molecule has 1 aromatic rings. The van der Waals surface area contributed by atoms with Crippen molar-refractivity contribution < 1.29 is 9.90 Å². The first kappa shape index (κ1) is 11.0. The molecule has 1 heterocycles. The minimum absolute atomic E-state index is 0.0786. The fraction of sp³-hybridized carbons (Fsp3) is 0.300. The van der Waals surface area contributed by atoms with Crippen molar-refractivity contribution in [3.63, 3.8) is 0 Å². The maximum Gasteiger partial charge on any atom is 0.356 e. The minimum atomic E-state index is -1.09. The highest BCUT2D eigenvalue weighted by Crippen LogP contribution is 2.04. The summed E-state index contributed by atoms with van der Waals surface area (Å²) in [5.74, 6) is 1.94. The molecule has 2 N–H and O–H groups in total. The van der Waals surface area contributed by atoms with Crippen molar-refractivity contribution in [1.82, 2.24) is 9.97 Å². The van der Waals surface area contributed by atoms with Crippen LogP contribution < -0.4 is 5.32 Å². The Hall–Kier alpha value is -2.09. The molecule has 0 radical (unpaired) electrons. The van der Waals surface area contributed by atoms with E-state index in [-0.39, 0.29) is 11.7 Å². The number of hydrogen-bond acceptors (Lipinski definition) is 4. The van der Waals surface area contributed by atoms with Crippen LogP contribution in [0.5, 0.6) is 0 Å². The molecule has 0 aliphatic carbocycles. The van der Waals surface area contributed by atoms with E-state index >= 15 is 0 Å². The van der Waals surface area contributed by atoms with Crippen LogP contribution in [0, 0.1) is 12.3 Å². The lowest BCUT2D eigenvalue weighted by Crippen LogP contribution is -2.15. The zero-order valence-electron chi connectivity index (χ0n) is 8.27. The van der Waals surface area contributed by atoms with Crippen LogP contribution in [-0.2, 0) is 0 Å². The maximum absolute atomic E-state index is 10.5. The third-order valence-corrected chi connectivity index (χ3v) is 1.69. The molecular weight excluding hydrogens is 194 g/mol. The number of aromatic carboxylic acids is 1. The standard InChI is InChI=1S/C10H11N3O2/c1-3-4-7(2)13-9-6-11-8(5-12-9)10(14)15/h1,5-7H,4H2,2H3,(H,12,13)(H,14,15). The maximum atomic E-state index is 10.5. The second kappa shape index (κ2) is 4.96. The average molecular weight is 205 g/mol. The van der Waals surface area contributed by atoms with Crippen molar-refractivity contribution in [2.24, 2.45) is 0 Å². The fourth-order valence-corrected chi connectivity index (χ4v) is 0.993. The lowest BCUT2D eigenvalue weighted by atomic mass is 10.2. The lowest BCUT2D eigenvalue weighted by molar-refractivity contribution is 0.0690. The van der Waals surface area contributed by atoms with E-state index in [9.17, 15) is 4.79 Å². The number of anilines is 1. The highest BCUT2D eigenvalue weighted by atomic mass is 16.4. The van der Waals surface area contributed by atoms with E-state index in [1.165, 1.54) is 12.4 Å². The Morgan fingerprint density at radius 1 is 1.67 bits per heavy atom. The predicted octanol–water partition coefficient (Wildman–Crippen LogP) is 0.998. The van der Waals surface area contributed by atoms with Crippen molar-refractivity contribution in [2.75, 3.05) is 5.32 Å². The first-order valence-electron chi connectivity index (χ1n) is 4.39. The summed E-state index contributed by atoms with van der Waals surface area (Å²) in [4.78, 5) is 18.1. The van der Waals surface area contributed by atoms with E-state index < -0.39 is 5.97 Å². The van der Waals surface area contributed by atoms with Crippen LogP contribution in [0.25, 0.3) is 0 Å². The van der Waals surface area contributed by atoms with E-state index in [0.717, 1.165) is 0 Å². The minimum Gasteiger partial charge on any atom is -0.476 e. The molecule has 5 heteroatoms. The van der Waals surface area contributed by atoms with Crippen LogP contribution >= 0.6 is 0 Å². The monoisotopic (exact) mass is 205 g/mol. The molecule has 1 aromatic heterocycles. The molecule has 1 rings (SSSR count). The summed E-state index contributed by atoms with van der Waals surface area (Å²) in [5, 5.41) is 11.6. The van der Waals surface area contributed by atoms with Crippen molar-refractivity contribution in [2.45, 2.75) is 19.4 Å². The summed E-state index contributed by atoms with van der Waals surface area (Å²) in [6.07, 6.45) is 8.29. The molecular formula is C10H11N3O2. The van der Waals surface area contributed by atoms with Gasteiger partial charge in [0.25, 0.3) is 0 Å². The zero-order chi connectivity index (χ0) is 11.3. The van der Waals surface area contributed by atoms with Crippen LogP contribution in [-0.4, -0.2) is 27.1 Å². The number of terminal acetylenes is 1. The number of aromatic nitrogens is 2. The van der Waals surface area contributed by atoms with Crippen LogP contribution in [0.3, 0.4) is 0 Å². The Bertz CT molecular complexity index is 381. The van der Waals surface area contributed by atoms with Gasteiger partial charge in [-0.15, -0.1) is 12.3 Å². The largest absolute Gasteiger partial charge is 0.476 e. The van der Waals surface area contributed by atoms with Gasteiger partial charge in [0.05, 0.1) is 12.4 Å². The molecule has 1 atom stereocenters. The summed E-state index contributed by atoms with van der Waals surface area (Å²) >= 11 is 0. The van der Waals surface area contributed by atoms with E-state index in [2.05, 4.69) is 21.2 Å².